The van der Waals surface area contributed by atoms with Crippen molar-refractivity contribution in [1.82, 2.24) is 19.4 Å². The van der Waals surface area contributed by atoms with Crippen LogP contribution in [0.25, 0.3) is 27.8 Å². The summed E-state index contributed by atoms with van der Waals surface area (Å²) in [4.78, 5) is 12.8. The van der Waals surface area contributed by atoms with Gasteiger partial charge in [0.2, 0.25) is 5.78 Å². The van der Waals surface area contributed by atoms with Crippen molar-refractivity contribution < 1.29 is 0 Å². The Balaban J connectivity index is 2.04. The molecule has 4 aromatic rings. The average Bonchev–Trinajstić information content (AvgIpc) is 3.01. The van der Waals surface area contributed by atoms with Crippen molar-refractivity contribution in [2.45, 2.75) is 26.2 Å². The largest absolute Gasteiger partial charge is 0.339 e. The topological polar surface area (TPSA) is 46.0 Å². The predicted molar refractivity (Wildman–Crippen MR) is 81.1 cm³/mol. The monoisotopic (exact) mass is 264 g/mol. The van der Waals surface area contributed by atoms with Crippen molar-refractivity contribution in [3.8, 4) is 0 Å². The van der Waals surface area contributed by atoms with Crippen LogP contribution in [0.3, 0.4) is 0 Å². The van der Waals surface area contributed by atoms with Gasteiger partial charge in [0.1, 0.15) is 11.2 Å². The maximum absolute atomic E-state index is 4.70. The summed E-state index contributed by atoms with van der Waals surface area (Å²) >= 11 is 0. The van der Waals surface area contributed by atoms with E-state index in [4.69, 9.17) is 9.97 Å². The highest BCUT2D eigenvalue weighted by Crippen LogP contribution is 2.26. The Morgan fingerprint density at radius 3 is 2.90 bits per heavy atom. The number of benzene rings is 1. The maximum Gasteiger partial charge on any atom is 0.236 e. The fourth-order valence-corrected chi connectivity index (χ4v) is 2.66. The summed E-state index contributed by atoms with van der Waals surface area (Å²) in [5.41, 5.74) is 4.24. The molecule has 4 nitrogen and oxygen atoms in total. The number of rotatable bonds is 2. The quantitative estimate of drug-likeness (QED) is 0.597. The van der Waals surface area contributed by atoms with E-state index >= 15 is 0 Å². The number of hydrogen-bond donors (Lipinski definition) is 1. The number of fused-ring (bicyclic) bond motifs is 5. The smallest absolute Gasteiger partial charge is 0.236 e. The first kappa shape index (κ1) is 11.5. The van der Waals surface area contributed by atoms with Crippen LogP contribution in [0.2, 0.25) is 0 Å². The number of imidazole rings is 1. The third-order valence-electron chi connectivity index (χ3n) is 4.07. The number of hydrogen-bond acceptors (Lipinski definition) is 2. The Morgan fingerprint density at radius 2 is 2.05 bits per heavy atom. The van der Waals surface area contributed by atoms with Crippen LogP contribution in [0, 0.1) is 0 Å². The summed E-state index contributed by atoms with van der Waals surface area (Å²) < 4.78 is 2.03. The molecule has 4 rings (SSSR count). The Morgan fingerprint density at radius 1 is 1.20 bits per heavy atom. The molecule has 4 heteroatoms. The third kappa shape index (κ3) is 1.48. The molecule has 3 heterocycles. The molecular weight excluding hydrogens is 248 g/mol. The highest BCUT2D eigenvalue weighted by atomic mass is 15.1. The van der Waals surface area contributed by atoms with Crippen molar-refractivity contribution in [3.63, 3.8) is 0 Å². The van der Waals surface area contributed by atoms with Crippen molar-refractivity contribution in [1.29, 1.82) is 0 Å². The first-order chi connectivity index (χ1) is 9.78. The van der Waals surface area contributed by atoms with Gasteiger partial charge in [-0.3, -0.25) is 4.40 Å². The number of para-hydroxylation sites is 1. The molecule has 3 aromatic heterocycles. The fraction of sp³-hybridized carbons (Fsp3) is 0.250. The van der Waals surface area contributed by atoms with Gasteiger partial charge in [-0.25, -0.2) is 9.97 Å². The Kier molecular flexibility index (Phi) is 2.33. The molecule has 1 N–H and O–H groups in total. The van der Waals surface area contributed by atoms with Crippen molar-refractivity contribution >= 4 is 27.8 Å². The molecule has 1 unspecified atom stereocenters. The molecular formula is C16H16N4. The minimum absolute atomic E-state index is 0.465. The molecule has 0 radical (unpaired) electrons. The molecule has 0 bridgehead atoms. The van der Waals surface area contributed by atoms with Crippen molar-refractivity contribution in [3.05, 3.63) is 42.2 Å². The van der Waals surface area contributed by atoms with Crippen LogP contribution in [-0.4, -0.2) is 19.4 Å². The molecule has 0 amide bonds. The summed E-state index contributed by atoms with van der Waals surface area (Å²) in [6, 6.07) is 10.3. The first-order valence-corrected chi connectivity index (χ1v) is 7.03. The van der Waals surface area contributed by atoms with Gasteiger partial charge in [0.15, 0.2) is 0 Å². The van der Waals surface area contributed by atoms with Crippen LogP contribution >= 0.6 is 0 Å². The highest BCUT2D eigenvalue weighted by Gasteiger charge is 2.13. The summed E-state index contributed by atoms with van der Waals surface area (Å²) in [5, 5.41) is 1.15. The van der Waals surface area contributed by atoms with E-state index in [1.165, 1.54) is 0 Å². The van der Waals surface area contributed by atoms with E-state index in [0.717, 1.165) is 40.0 Å². The van der Waals surface area contributed by atoms with Gasteiger partial charge in [-0.1, -0.05) is 32.0 Å². The Bertz CT molecular complexity index is 916. The lowest BCUT2D eigenvalue weighted by atomic mass is 10.1. The van der Waals surface area contributed by atoms with Gasteiger partial charge in [0.25, 0.3) is 0 Å². The molecule has 0 aliphatic carbocycles. The molecule has 0 saturated carbocycles. The predicted octanol–water partition coefficient (Wildman–Crippen LogP) is 3.88. The minimum Gasteiger partial charge on any atom is -0.339 e. The van der Waals surface area contributed by atoms with Crippen LogP contribution in [0.5, 0.6) is 0 Å². The van der Waals surface area contributed by atoms with Gasteiger partial charge >= 0.3 is 0 Å². The Labute approximate surface area is 116 Å². The number of H-pyrrole nitrogens is 1. The van der Waals surface area contributed by atoms with E-state index in [9.17, 15) is 0 Å². The van der Waals surface area contributed by atoms with Gasteiger partial charge in [-0.15, -0.1) is 0 Å². The lowest BCUT2D eigenvalue weighted by Crippen LogP contribution is -1.98. The molecule has 1 aromatic carbocycles. The van der Waals surface area contributed by atoms with E-state index < -0.39 is 0 Å². The number of nitrogens with one attached hydrogen (secondary N) is 1. The van der Waals surface area contributed by atoms with Crippen LogP contribution in [0.4, 0.5) is 0 Å². The molecule has 1 atom stereocenters. The standard InChI is InChI=1S/C16H16N4/c1-3-10(2)12-8-9-20-15-14(19-16(20)18-12)11-6-4-5-7-13(11)17-15/h4-10,17H,3H2,1-2H3. The third-order valence-corrected chi connectivity index (χ3v) is 4.07. The second-order valence-corrected chi connectivity index (χ2v) is 5.31. The van der Waals surface area contributed by atoms with E-state index in [2.05, 4.69) is 43.2 Å². The fourth-order valence-electron chi connectivity index (χ4n) is 2.66. The van der Waals surface area contributed by atoms with Crippen LogP contribution in [0.1, 0.15) is 31.9 Å². The normalized spacial score (nSPS) is 13.5. The van der Waals surface area contributed by atoms with E-state index in [1.54, 1.807) is 0 Å². The second kappa shape index (κ2) is 4.07. The van der Waals surface area contributed by atoms with Crippen LogP contribution in [-0.2, 0) is 0 Å². The molecule has 0 spiro atoms. The van der Waals surface area contributed by atoms with E-state index in [0.29, 0.717) is 5.92 Å². The van der Waals surface area contributed by atoms with Crippen LogP contribution < -0.4 is 0 Å². The van der Waals surface area contributed by atoms with E-state index in [-0.39, 0.29) is 0 Å². The average molecular weight is 264 g/mol. The minimum atomic E-state index is 0.465. The zero-order valence-corrected chi connectivity index (χ0v) is 11.6. The zero-order chi connectivity index (χ0) is 13.7. The van der Waals surface area contributed by atoms with Gasteiger partial charge in [0, 0.05) is 22.8 Å². The second-order valence-electron chi connectivity index (χ2n) is 5.31. The first-order valence-electron chi connectivity index (χ1n) is 7.03. The lowest BCUT2D eigenvalue weighted by molar-refractivity contribution is 0.706. The van der Waals surface area contributed by atoms with Crippen molar-refractivity contribution in [2.75, 3.05) is 0 Å². The number of aromatic amines is 1. The van der Waals surface area contributed by atoms with Crippen LogP contribution in [0.15, 0.2) is 36.5 Å². The van der Waals surface area contributed by atoms with E-state index in [1.807, 2.05) is 16.5 Å². The summed E-state index contributed by atoms with van der Waals surface area (Å²) in [6.07, 6.45) is 3.15. The molecule has 0 fully saturated rings. The van der Waals surface area contributed by atoms with Crippen molar-refractivity contribution in [2.24, 2.45) is 0 Å². The van der Waals surface area contributed by atoms with Gasteiger partial charge in [0.05, 0.1) is 0 Å². The summed E-state index contributed by atoms with van der Waals surface area (Å²) in [6.45, 7) is 4.38. The highest BCUT2D eigenvalue weighted by molar-refractivity contribution is 6.04. The summed E-state index contributed by atoms with van der Waals surface area (Å²) in [7, 11) is 0. The molecule has 100 valence electrons. The molecule has 0 saturated heterocycles. The van der Waals surface area contributed by atoms with Gasteiger partial charge in [-0.05, 0) is 24.5 Å². The zero-order valence-electron chi connectivity index (χ0n) is 11.6. The maximum atomic E-state index is 4.70. The summed E-state index contributed by atoms with van der Waals surface area (Å²) in [5.74, 6) is 1.24. The molecule has 0 aliphatic rings. The molecule has 0 aliphatic heterocycles. The van der Waals surface area contributed by atoms with Gasteiger partial charge < -0.3 is 4.98 Å². The lowest BCUT2D eigenvalue weighted by Gasteiger charge is -2.07. The number of aromatic nitrogens is 4. The van der Waals surface area contributed by atoms with Gasteiger partial charge in [-0.2, -0.15) is 0 Å². The SMILES string of the molecule is CCC(C)c1ccn2c(n1)nc1c3ccccc3[nH]c12. The molecule has 20 heavy (non-hydrogen) atoms. The Hall–Kier alpha value is -2.36. The number of nitrogens with zero attached hydrogens (tertiary/aromatic N) is 3.